The fourth-order valence-corrected chi connectivity index (χ4v) is 6.46. The van der Waals surface area contributed by atoms with Gasteiger partial charge in [0.1, 0.15) is 6.33 Å². The maximum Gasteiger partial charge on any atom is 0.197 e. The maximum absolute atomic E-state index is 16.2. The number of aromatic amines is 1. The number of hydrogen-bond acceptors (Lipinski definition) is 7. The quantitative estimate of drug-likeness (QED) is 0.441. The van der Waals surface area contributed by atoms with Crippen LogP contribution in [-0.4, -0.2) is 82.0 Å². The van der Waals surface area contributed by atoms with Gasteiger partial charge in [0.25, 0.3) is 0 Å². The summed E-state index contributed by atoms with van der Waals surface area (Å²) in [6.45, 7) is 9.92. The lowest BCUT2D eigenvalue weighted by molar-refractivity contribution is -0.199. The van der Waals surface area contributed by atoms with Crippen molar-refractivity contribution in [3.8, 4) is 17.0 Å². The highest BCUT2D eigenvalue weighted by atomic mass is 19.1. The van der Waals surface area contributed by atoms with Crippen molar-refractivity contribution < 1.29 is 13.9 Å². The van der Waals surface area contributed by atoms with Gasteiger partial charge < -0.3 is 19.4 Å². The third kappa shape index (κ3) is 3.53. The van der Waals surface area contributed by atoms with Crippen LogP contribution in [0.2, 0.25) is 0 Å². The molecule has 3 aliphatic heterocycles. The first-order valence-corrected chi connectivity index (χ1v) is 13.1. The fourth-order valence-electron chi connectivity index (χ4n) is 6.46. The van der Waals surface area contributed by atoms with Gasteiger partial charge in [0.05, 0.1) is 37.7 Å². The number of likely N-dealkylation sites (tertiary alicyclic amines) is 1. The van der Waals surface area contributed by atoms with Crippen LogP contribution < -0.4 is 9.64 Å². The molecule has 3 saturated heterocycles. The summed E-state index contributed by atoms with van der Waals surface area (Å²) in [4.78, 5) is 17.0. The Kier molecular flexibility index (Phi) is 5.20. The van der Waals surface area contributed by atoms with Crippen LogP contribution >= 0.6 is 0 Å². The largest absolute Gasteiger partial charge is 0.493 e. The van der Waals surface area contributed by atoms with Gasteiger partial charge in [-0.15, -0.1) is 0 Å². The molecule has 3 aliphatic rings. The molecule has 4 aromatic heterocycles. The van der Waals surface area contributed by atoms with Crippen LogP contribution in [0, 0.1) is 11.2 Å². The second-order valence-corrected chi connectivity index (χ2v) is 11.2. The predicted molar refractivity (Wildman–Crippen MR) is 139 cm³/mol. The molecule has 0 aliphatic carbocycles. The molecule has 0 radical (unpaired) electrons. The number of piperidine rings is 1. The van der Waals surface area contributed by atoms with Gasteiger partial charge in [-0.25, -0.2) is 18.9 Å². The van der Waals surface area contributed by atoms with Crippen LogP contribution in [0.3, 0.4) is 0 Å². The molecule has 194 valence electrons. The van der Waals surface area contributed by atoms with Crippen LogP contribution in [0.1, 0.15) is 38.2 Å². The molecule has 1 N–H and O–H groups in total. The minimum atomic E-state index is -0.245. The van der Waals surface area contributed by atoms with E-state index < -0.39 is 0 Å². The van der Waals surface area contributed by atoms with Crippen molar-refractivity contribution in [3.63, 3.8) is 0 Å². The van der Waals surface area contributed by atoms with Gasteiger partial charge in [-0.05, 0) is 30.4 Å². The summed E-state index contributed by atoms with van der Waals surface area (Å²) in [5, 5.41) is 4.90. The molecular weight excluding hydrogens is 473 g/mol. The maximum atomic E-state index is 16.2. The summed E-state index contributed by atoms with van der Waals surface area (Å²) < 4.78 is 28.9. The van der Waals surface area contributed by atoms with Gasteiger partial charge in [0.15, 0.2) is 23.0 Å². The first-order valence-electron chi connectivity index (χ1n) is 13.1. The predicted octanol–water partition coefficient (Wildman–Crippen LogP) is 3.84. The Morgan fingerprint density at radius 1 is 1.19 bits per heavy atom. The zero-order valence-corrected chi connectivity index (χ0v) is 21.5. The van der Waals surface area contributed by atoms with E-state index in [4.69, 9.17) is 9.47 Å². The van der Waals surface area contributed by atoms with Crippen molar-refractivity contribution >= 4 is 22.4 Å². The van der Waals surface area contributed by atoms with Gasteiger partial charge >= 0.3 is 0 Å². The number of ether oxygens (including phenoxy) is 2. The lowest BCUT2D eigenvalue weighted by Crippen LogP contribution is -2.68. The number of nitrogens with zero attached hydrogens (tertiary/aromatic N) is 6. The minimum absolute atomic E-state index is 0.0888. The molecule has 3 fully saturated rings. The minimum Gasteiger partial charge on any atom is -0.493 e. The highest BCUT2D eigenvalue weighted by Gasteiger charge is 2.50. The lowest BCUT2D eigenvalue weighted by Gasteiger charge is -2.58. The first-order chi connectivity index (χ1) is 18.0. The number of H-pyrrole nitrogens is 1. The van der Waals surface area contributed by atoms with Crippen molar-refractivity contribution in [1.82, 2.24) is 29.5 Å². The normalized spacial score (nSPS) is 20.2. The number of hydrogen-bond donors (Lipinski definition) is 1. The monoisotopic (exact) mass is 505 g/mol. The van der Waals surface area contributed by atoms with Crippen LogP contribution in [0.15, 0.2) is 24.8 Å². The number of pyridine rings is 2. The summed E-state index contributed by atoms with van der Waals surface area (Å²) in [6, 6.07) is 2.49. The summed E-state index contributed by atoms with van der Waals surface area (Å²) in [5.74, 6) is 0.912. The van der Waals surface area contributed by atoms with E-state index in [1.807, 2.05) is 12.3 Å². The van der Waals surface area contributed by atoms with Crippen LogP contribution in [0.5, 0.6) is 5.75 Å². The van der Waals surface area contributed by atoms with Crippen molar-refractivity contribution in [2.75, 3.05) is 51.4 Å². The molecule has 0 saturated carbocycles. The Morgan fingerprint density at radius 2 is 1.97 bits per heavy atom. The molecule has 9 nitrogen and oxygen atoms in total. The van der Waals surface area contributed by atoms with E-state index in [0.29, 0.717) is 39.6 Å². The van der Waals surface area contributed by atoms with Crippen molar-refractivity contribution in [3.05, 3.63) is 36.2 Å². The first kappa shape index (κ1) is 22.9. The zero-order chi connectivity index (χ0) is 25.3. The van der Waals surface area contributed by atoms with E-state index in [1.165, 1.54) is 6.33 Å². The number of anilines is 1. The molecule has 4 aromatic rings. The Morgan fingerprint density at radius 3 is 2.65 bits per heavy atom. The van der Waals surface area contributed by atoms with E-state index in [0.717, 1.165) is 69.1 Å². The van der Waals surface area contributed by atoms with Crippen molar-refractivity contribution in [1.29, 1.82) is 0 Å². The smallest absolute Gasteiger partial charge is 0.197 e. The second-order valence-electron chi connectivity index (χ2n) is 11.2. The molecular formula is C27H32FN7O2. The molecule has 0 bridgehead atoms. The molecule has 7 heterocycles. The molecule has 0 unspecified atom stereocenters. The highest BCUT2D eigenvalue weighted by Crippen LogP contribution is 2.42. The highest BCUT2D eigenvalue weighted by molar-refractivity contribution is 5.93. The third-order valence-electron chi connectivity index (χ3n) is 8.40. The molecule has 0 atom stereocenters. The van der Waals surface area contributed by atoms with E-state index >= 15 is 4.39 Å². The number of rotatable bonds is 5. The van der Waals surface area contributed by atoms with Crippen LogP contribution in [0.25, 0.3) is 27.8 Å². The standard InChI is InChI=1S/C27H32FN7O2/c1-16(2)21-22-19(32-24(21)17-8-20(36-3)25-30-15-31-35(25)10-17)9-29-26(23(22)28)33-6-4-18(5-7-33)34-11-27(12-34)13-37-14-27/h8-10,15-16,18,32H,4-7,11-14H2,1-3H3. The number of fused-ring (bicyclic) bond motifs is 2. The lowest BCUT2D eigenvalue weighted by atomic mass is 9.76. The molecule has 37 heavy (non-hydrogen) atoms. The van der Waals surface area contributed by atoms with Gasteiger partial charge in [-0.3, -0.25) is 4.90 Å². The average Bonchev–Trinajstić information content (AvgIpc) is 3.48. The van der Waals surface area contributed by atoms with E-state index in [-0.39, 0.29) is 11.7 Å². The summed E-state index contributed by atoms with van der Waals surface area (Å²) in [6.07, 6.45) is 7.23. The van der Waals surface area contributed by atoms with Crippen molar-refractivity contribution in [2.24, 2.45) is 5.41 Å². The summed E-state index contributed by atoms with van der Waals surface area (Å²) in [5.41, 5.74) is 4.41. The number of nitrogens with one attached hydrogen (secondary N) is 1. The fraction of sp³-hybridized carbons (Fsp3) is 0.519. The van der Waals surface area contributed by atoms with Gasteiger partial charge in [0, 0.05) is 54.8 Å². The third-order valence-corrected chi connectivity index (χ3v) is 8.40. The van der Waals surface area contributed by atoms with Gasteiger partial charge in [-0.2, -0.15) is 5.10 Å². The SMILES string of the molecule is COc1cc(-c2[nH]c3cnc(N4CCC(N5CC6(COC6)C5)CC4)c(F)c3c2C(C)C)cn2ncnc12. The van der Waals surface area contributed by atoms with E-state index in [2.05, 4.69) is 43.7 Å². The molecule has 0 amide bonds. The van der Waals surface area contributed by atoms with E-state index in [9.17, 15) is 0 Å². The Hall–Kier alpha value is -3.24. The topological polar surface area (TPSA) is 83.8 Å². The second kappa shape index (κ2) is 8.39. The number of methoxy groups -OCH3 is 1. The Labute approximate surface area is 214 Å². The van der Waals surface area contributed by atoms with Crippen LogP contribution in [-0.2, 0) is 4.74 Å². The Balaban J connectivity index is 1.21. The molecule has 10 heteroatoms. The zero-order valence-electron chi connectivity index (χ0n) is 21.5. The van der Waals surface area contributed by atoms with Gasteiger partial charge in [0.2, 0.25) is 0 Å². The summed E-state index contributed by atoms with van der Waals surface area (Å²) >= 11 is 0. The molecule has 1 spiro atoms. The van der Waals surface area contributed by atoms with E-state index in [1.54, 1.807) is 17.8 Å². The average molecular weight is 506 g/mol. The number of aromatic nitrogens is 5. The molecule has 7 rings (SSSR count). The van der Waals surface area contributed by atoms with Crippen molar-refractivity contribution in [2.45, 2.75) is 38.6 Å². The van der Waals surface area contributed by atoms with Crippen LogP contribution in [0.4, 0.5) is 10.2 Å². The molecule has 0 aromatic carbocycles. The van der Waals surface area contributed by atoms with Gasteiger partial charge in [-0.1, -0.05) is 13.8 Å². The Bertz CT molecular complexity index is 1480. The number of halogens is 1. The summed E-state index contributed by atoms with van der Waals surface area (Å²) in [7, 11) is 1.61.